The van der Waals surface area contributed by atoms with Crippen molar-refractivity contribution in [3.63, 3.8) is 0 Å². The number of carbonyl (C=O) groups excluding carboxylic acids is 1. The summed E-state index contributed by atoms with van der Waals surface area (Å²) in [5.74, 6) is -0.114. The molecule has 126 valence electrons. The fourth-order valence-corrected chi connectivity index (χ4v) is 2.49. The highest BCUT2D eigenvalue weighted by atomic mass is 35.5. The monoisotopic (exact) mass is 341 g/mol. The zero-order valence-corrected chi connectivity index (χ0v) is 15.4. The highest BCUT2D eigenvalue weighted by Gasteiger charge is 2.14. The lowest BCUT2D eigenvalue weighted by Gasteiger charge is -2.20. The van der Waals surface area contributed by atoms with Gasteiger partial charge in [0.25, 0.3) is 0 Å². The van der Waals surface area contributed by atoms with E-state index < -0.39 is 0 Å². The summed E-state index contributed by atoms with van der Waals surface area (Å²) in [6.07, 6.45) is 3.32. The quantitative estimate of drug-likeness (QED) is 0.728. The number of halogens is 1. The van der Waals surface area contributed by atoms with Gasteiger partial charge < -0.3 is 5.32 Å². The third-order valence-electron chi connectivity index (χ3n) is 3.93. The van der Waals surface area contributed by atoms with E-state index in [0.29, 0.717) is 5.02 Å². The Morgan fingerprint density at radius 2 is 1.62 bits per heavy atom. The topological polar surface area (TPSA) is 29.1 Å². The van der Waals surface area contributed by atoms with Crippen molar-refractivity contribution >= 4 is 23.6 Å². The van der Waals surface area contributed by atoms with Crippen LogP contribution in [-0.4, -0.2) is 5.91 Å². The number of hydrogen-bond acceptors (Lipinski definition) is 1. The minimum Gasteiger partial charge on any atom is -0.346 e. The molecule has 24 heavy (non-hydrogen) atoms. The fourth-order valence-electron chi connectivity index (χ4n) is 2.36. The van der Waals surface area contributed by atoms with Crippen LogP contribution in [0.2, 0.25) is 5.02 Å². The zero-order chi connectivity index (χ0) is 17.7. The normalized spacial score (nSPS) is 13.0. The number of benzene rings is 2. The Bertz CT molecular complexity index is 709. The van der Waals surface area contributed by atoms with E-state index in [4.69, 9.17) is 11.6 Å². The summed E-state index contributed by atoms with van der Waals surface area (Å²) in [6.45, 7) is 8.55. The molecule has 2 nitrogen and oxygen atoms in total. The van der Waals surface area contributed by atoms with Gasteiger partial charge in [0.15, 0.2) is 0 Å². The molecule has 0 aromatic heterocycles. The molecule has 0 aliphatic heterocycles. The molecule has 2 rings (SSSR count). The summed E-state index contributed by atoms with van der Waals surface area (Å²) in [5, 5.41) is 3.67. The second kappa shape index (κ2) is 7.67. The lowest BCUT2D eigenvalue weighted by Crippen LogP contribution is -2.24. The molecule has 1 atom stereocenters. The van der Waals surface area contributed by atoms with Crippen LogP contribution < -0.4 is 5.32 Å². The van der Waals surface area contributed by atoms with Crippen LogP contribution in [0, 0.1) is 0 Å². The molecule has 1 N–H and O–H groups in total. The fraction of sp³-hybridized carbons (Fsp3) is 0.286. The number of hydrogen-bond donors (Lipinski definition) is 1. The van der Waals surface area contributed by atoms with Crippen LogP contribution in [0.3, 0.4) is 0 Å². The molecule has 0 fully saturated rings. The second-order valence-electron chi connectivity index (χ2n) is 6.99. The molecule has 0 radical (unpaired) electrons. The Labute approximate surface area is 149 Å². The first-order chi connectivity index (χ1) is 11.3. The van der Waals surface area contributed by atoms with Crippen LogP contribution in [0.25, 0.3) is 6.08 Å². The zero-order valence-electron chi connectivity index (χ0n) is 14.6. The van der Waals surface area contributed by atoms with Gasteiger partial charge in [0, 0.05) is 11.1 Å². The molecule has 3 heteroatoms. The van der Waals surface area contributed by atoms with Gasteiger partial charge >= 0.3 is 0 Å². The summed E-state index contributed by atoms with van der Waals surface area (Å²) in [7, 11) is 0. The van der Waals surface area contributed by atoms with Gasteiger partial charge in [-0.25, -0.2) is 0 Å². The molecule has 0 spiro atoms. The van der Waals surface area contributed by atoms with E-state index in [2.05, 4.69) is 50.4 Å². The maximum absolute atomic E-state index is 12.1. The Morgan fingerprint density at radius 3 is 2.17 bits per heavy atom. The molecule has 0 bridgehead atoms. The predicted molar refractivity (Wildman–Crippen MR) is 102 cm³/mol. The van der Waals surface area contributed by atoms with E-state index >= 15 is 0 Å². The molecule has 0 heterocycles. The van der Waals surface area contributed by atoms with Crippen LogP contribution in [0.15, 0.2) is 54.6 Å². The molecular formula is C21H24ClNO. The third kappa shape index (κ3) is 5.24. The van der Waals surface area contributed by atoms with Crippen molar-refractivity contribution < 1.29 is 4.79 Å². The number of nitrogens with one attached hydrogen (secondary N) is 1. The smallest absolute Gasteiger partial charge is 0.244 e. The molecule has 1 unspecified atom stereocenters. The predicted octanol–water partition coefficient (Wildman–Crippen LogP) is 5.53. The standard InChI is InChI=1S/C21H24ClNO/c1-15(17-8-10-18(11-9-17)21(2,3)4)23-20(24)14-7-16-5-12-19(22)13-6-16/h5-15H,1-4H3,(H,23,24)/b14-7+. The van der Waals surface area contributed by atoms with E-state index in [1.165, 1.54) is 5.56 Å². The lowest BCUT2D eigenvalue weighted by molar-refractivity contribution is -0.117. The number of rotatable bonds is 4. The van der Waals surface area contributed by atoms with Crippen molar-refractivity contribution in [2.75, 3.05) is 0 Å². The molecule has 0 saturated carbocycles. The average molecular weight is 342 g/mol. The van der Waals surface area contributed by atoms with Gasteiger partial charge in [0.1, 0.15) is 0 Å². The summed E-state index contributed by atoms with van der Waals surface area (Å²) in [6, 6.07) is 15.7. The first-order valence-electron chi connectivity index (χ1n) is 8.10. The molecule has 0 saturated heterocycles. The third-order valence-corrected chi connectivity index (χ3v) is 4.18. The van der Waals surface area contributed by atoms with Gasteiger partial charge in [-0.1, -0.05) is 68.8 Å². The Hall–Kier alpha value is -2.06. The molecule has 1 amide bonds. The average Bonchev–Trinajstić information content (AvgIpc) is 2.53. The number of carbonyl (C=O) groups is 1. The van der Waals surface area contributed by atoms with E-state index in [0.717, 1.165) is 11.1 Å². The minimum atomic E-state index is -0.114. The Balaban J connectivity index is 1.97. The van der Waals surface area contributed by atoms with Crippen molar-refractivity contribution in [2.24, 2.45) is 0 Å². The van der Waals surface area contributed by atoms with Crippen LogP contribution in [-0.2, 0) is 10.2 Å². The van der Waals surface area contributed by atoms with Crippen molar-refractivity contribution in [3.05, 3.63) is 76.3 Å². The van der Waals surface area contributed by atoms with Crippen LogP contribution in [0.4, 0.5) is 0 Å². The molecular weight excluding hydrogens is 318 g/mol. The summed E-state index contributed by atoms with van der Waals surface area (Å²) >= 11 is 5.85. The lowest BCUT2D eigenvalue weighted by atomic mass is 9.86. The number of amides is 1. The Morgan fingerprint density at radius 1 is 1.04 bits per heavy atom. The van der Waals surface area contributed by atoms with Gasteiger partial charge in [0.2, 0.25) is 5.91 Å². The van der Waals surface area contributed by atoms with E-state index in [-0.39, 0.29) is 17.4 Å². The first kappa shape index (κ1) is 18.3. The van der Waals surface area contributed by atoms with Crippen molar-refractivity contribution in [1.29, 1.82) is 0 Å². The van der Waals surface area contributed by atoms with Crippen LogP contribution in [0.1, 0.15) is 50.4 Å². The molecule has 0 aliphatic carbocycles. The molecule has 2 aromatic rings. The van der Waals surface area contributed by atoms with Crippen molar-refractivity contribution in [2.45, 2.75) is 39.2 Å². The summed E-state index contributed by atoms with van der Waals surface area (Å²) < 4.78 is 0. The van der Waals surface area contributed by atoms with Crippen molar-refractivity contribution in [1.82, 2.24) is 5.32 Å². The van der Waals surface area contributed by atoms with Crippen LogP contribution >= 0.6 is 11.6 Å². The maximum Gasteiger partial charge on any atom is 0.244 e. The summed E-state index contributed by atoms with van der Waals surface area (Å²) in [5.41, 5.74) is 3.45. The summed E-state index contributed by atoms with van der Waals surface area (Å²) in [4.78, 5) is 12.1. The highest BCUT2D eigenvalue weighted by molar-refractivity contribution is 6.30. The minimum absolute atomic E-state index is 0.0404. The van der Waals surface area contributed by atoms with E-state index in [1.807, 2.05) is 19.1 Å². The van der Waals surface area contributed by atoms with E-state index in [1.54, 1.807) is 24.3 Å². The maximum atomic E-state index is 12.1. The second-order valence-corrected chi connectivity index (χ2v) is 7.42. The largest absolute Gasteiger partial charge is 0.346 e. The Kier molecular flexibility index (Phi) is 5.84. The highest BCUT2D eigenvalue weighted by Crippen LogP contribution is 2.23. The van der Waals surface area contributed by atoms with Gasteiger partial charge in [0.05, 0.1) is 6.04 Å². The van der Waals surface area contributed by atoms with Gasteiger partial charge in [-0.2, -0.15) is 0 Å². The van der Waals surface area contributed by atoms with Gasteiger partial charge in [-0.15, -0.1) is 0 Å². The molecule has 0 aliphatic rings. The SMILES string of the molecule is CC(NC(=O)/C=C/c1ccc(Cl)cc1)c1ccc(C(C)(C)C)cc1. The molecule has 2 aromatic carbocycles. The van der Waals surface area contributed by atoms with E-state index in [9.17, 15) is 4.79 Å². The van der Waals surface area contributed by atoms with Crippen molar-refractivity contribution in [3.8, 4) is 0 Å². The van der Waals surface area contributed by atoms with Gasteiger partial charge in [-0.3, -0.25) is 4.79 Å². The van der Waals surface area contributed by atoms with Crippen LogP contribution in [0.5, 0.6) is 0 Å². The first-order valence-corrected chi connectivity index (χ1v) is 8.48. The van der Waals surface area contributed by atoms with Gasteiger partial charge in [-0.05, 0) is 47.2 Å².